The van der Waals surface area contributed by atoms with Crippen molar-refractivity contribution in [2.24, 2.45) is 0 Å². The normalized spacial score (nSPS) is 12.5. The molecule has 5 heteroatoms. The van der Waals surface area contributed by atoms with Crippen LogP contribution in [0.1, 0.15) is 17.2 Å². The van der Waals surface area contributed by atoms with Crippen molar-refractivity contribution in [3.05, 3.63) is 68.7 Å². The molecule has 2 aromatic rings. The average Bonchev–Trinajstić information content (AvgIpc) is 2.39. The van der Waals surface area contributed by atoms with Gasteiger partial charge in [-0.2, -0.15) is 0 Å². The van der Waals surface area contributed by atoms with E-state index in [-0.39, 0.29) is 10.8 Å². The van der Waals surface area contributed by atoms with Crippen molar-refractivity contribution in [3.8, 4) is 0 Å². The van der Waals surface area contributed by atoms with Gasteiger partial charge in [0.25, 0.3) is 0 Å². The molecule has 0 heterocycles. The molecule has 0 amide bonds. The second-order valence-electron chi connectivity index (χ2n) is 4.04. The molecule has 0 saturated carbocycles. The standard InChI is InChI=1S/C14H11BrClF2N/c1-19-14(8-5-6-11(16)12(17)7-8)9-3-2-4-10(15)13(9)18/h2-7,14,19H,1H3. The summed E-state index contributed by atoms with van der Waals surface area (Å²) in [6.07, 6.45) is 0. The van der Waals surface area contributed by atoms with Crippen LogP contribution in [0.5, 0.6) is 0 Å². The van der Waals surface area contributed by atoms with Gasteiger partial charge in [-0.1, -0.05) is 29.8 Å². The Labute approximate surface area is 123 Å². The molecule has 0 aliphatic carbocycles. The van der Waals surface area contributed by atoms with E-state index in [1.165, 1.54) is 12.1 Å². The number of benzene rings is 2. The fourth-order valence-corrected chi connectivity index (χ4v) is 2.44. The van der Waals surface area contributed by atoms with E-state index >= 15 is 0 Å². The molecule has 1 atom stereocenters. The van der Waals surface area contributed by atoms with Crippen LogP contribution >= 0.6 is 27.5 Å². The third-order valence-electron chi connectivity index (χ3n) is 2.86. The predicted molar refractivity (Wildman–Crippen MR) is 76.4 cm³/mol. The van der Waals surface area contributed by atoms with Gasteiger partial charge in [-0.3, -0.25) is 0 Å². The van der Waals surface area contributed by atoms with Gasteiger partial charge in [0.05, 0.1) is 15.5 Å². The Balaban J connectivity index is 2.50. The first-order valence-corrected chi connectivity index (χ1v) is 6.77. The maximum absolute atomic E-state index is 14.1. The summed E-state index contributed by atoms with van der Waals surface area (Å²) in [6, 6.07) is 9.02. The van der Waals surface area contributed by atoms with E-state index < -0.39 is 11.9 Å². The third-order valence-corrected chi connectivity index (χ3v) is 3.78. The Kier molecular flexibility index (Phi) is 4.55. The van der Waals surface area contributed by atoms with Crippen LogP contribution in [0, 0.1) is 11.6 Å². The highest BCUT2D eigenvalue weighted by Gasteiger charge is 2.18. The lowest BCUT2D eigenvalue weighted by molar-refractivity contribution is 0.567. The highest BCUT2D eigenvalue weighted by Crippen LogP contribution is 2.29. The van der Waals surface area contributed by atoms with Gasteiger partial charge < -0.3 is 5.32 Å². The summed E-state index contributed by atoms with van der Waals surface area (Å²) in [4.78, 5) is 0. The summed E-state index contributed by atoms with van der Waals surface area (Å²) in [6.45, 7) is 0. The van der Waals surface area contributed by atoms with Gasteiger partial charge in [0.15, 0.2) is 0 Å². The topological polar surface area (TPSA) is 12.0 Å². The molecule has 1 nitrogen and oxygen atoms in total. The van der Waals surface area contributed by atoms with E-state index in [2.05, 4.69) is 21.2 Å². The molecule has 0 aromatic heterocycles. The third kappa shape index (κ3) is 2.96. The van der Waals surface area contributed by atoms with Crippen LogP contribution in [-0.2, 0) is 0 Å². The van der Waals surface area contributed by atoms with Crippen LogP contribution in [0.4, 0.5) is 8.78 Å². The highest BCUT2D eigenvalue weighted by molar-refractivity contribution is 9.10. The smallest absolute Gasteiger partial charge is 0.142 e. The number of rotatable bonds is 3. The summed E-state index contributed by atoms with van der Waals surface area (Å²) >= 11 is 8.80. The first-order valence-electron chi connectivity index (χ1n) is 5.60. The second kappa shape index (κ2) is 5.99. The molecule has 0 fully saturated rings. The van der Waals surface area contributed by atoms with E-state index in [0.717, 1.165) is 0 Å². The van der Waals surface area contributed by atoms with Crippen LogP contribution in [0.15, 0.2) is 40.9 Å². The van der Waals surface area contributed by atoms with Gasteiger partial charge in [-0.15, -0.1) is 0 Å². The number of hydrogen-bond acceptors (Lipinski definition) is 1. The van der Waals surface area contributed by atoms with Gasteiger partial charge >= 0.3 is 0 Å². The van der Waals surface area contributed by atoms with Gasteiger partial charge in [0, 0.05) is 5.56 Å². The first-order chi connectivity index (χ1) is 9.04. The van der Waals surface area contributed by atoms with Gasteiger partial charge in [-0.25, -0.2) is 8.78 Å². The van der Waals surface area contributed by atoms with Crippen molar-refractivity contribution in [1.82, 2.24) is 5.32 Å². The van der Waals surface area contributed by atoms with Gasteiger partial charge in [0.1, 0.15) is 11.6 Å². The molecule has 1 unspecified atom stereocenters. The van der Waals surface area contributed by atoms with E-state index in [9.17, 15) is 8.78 Å². The largest absolute Gasteiger partial charge is 0.309 e. The predicted octanol–water partition coefficient (Wildman–Crippen LogP) is 4.69. The molecule has 0 aliphatic heterocycles. The fourth-order valence-electron chi connectivity index (χ4n) is 1.94. The second-order valence-corrected chi connectivity index (χ2v) is 5.30. The fraction of sp³-hybridized carbons (Fsp3) is 0.143. The molecule has 0 spiro atoms. The van der Waals surface area contributed by atoms with Crippen LogP contribution in [0.25, 0.3) is 0 Å². The van der Waals surface area contributed by atoms with E-state index in [1.807, 2.05) is 0 Å². The van der Waals surface area contributed by atoms with Crippen LogP contribution in [0.2, 0.25) is 5.02 Å². The Bertz CT molecular complexity index is 604. The minimum absolute atomic E-state index is 0.0494. The maximum Gasteiger partial charge on any atom is 0.142 e. The van der Waals surface area contributed by atoms with Crippen molar-refractivity contribution in [2.45, 2.75) is 6.04 Å². The SMILES string of the molecule is CNC(c1ccc(Cl)c(F)c1)c1cccc(Br)c1F. The molecule has 1 N–H and O–H groups in total. The molecule has 2 rings (SSSR count). The van der Waals surface area contributed by atoms with Crippen LogP contribution in [-0.4, -0.2) is 7.05 Å². The molecule has 0 bridgehead atoms. The first kappa shape index (κ1) is 14.4. The van der Waals surface area contributed by atoms with Crippen LogP contribution < -0.4 is 5.32 Å². The van der Waals surface area contributed by atoms with Crippen molar-refractivity contribution in [2.75, 3.05) is 7.05 Å². The van der Waals surface area contributed by atoms with E-state index in [0.29, 0.717) is 15.6 Å². The molecule has 100 valence electrons. The van der Waals surface area contributed by atoms with Gasteiger partial charge in [-0.05, 0) is 46.7 Å². The Morgan fingerprint density at radius 1 is 1.21 bits per heavy atom. The monoisotopic (exact) mass is 345 g/mol. The minimum atomic E-state index is -0.519. The Morgan fingerprint density at radius 2 is 1.95 bits per heavy atom. The molecular formula is C14H11BrClF2N. The van der Waals surface area contributed by atoms with Crippen LogP contribution in [0.3, 0.4) is 0 Å². The summed E-state index contributed by atoms with van der Waals surface area (Å²) in [5, 5.41) is 3.03. The lowest BCUT2D eigenvalue weighted by Crippen LogP contribution is -2.19. The summed E-state index contributed by atoms with van der Waals surface area (Å²) in [5.41, 5.74) is 1.06. The Hall–Kier alpha value is -0.970. The lowest BCUT2D eigenvalue weighted by atomic mass is 9.98. The minimum Gasteiger partial charge on any atom is -0.309 e. The zero-order chi connectivity index (χ0) is 14.0. The van der Waals surface area contributed by atoms with E-state index in [1.54, 1.807) is 31.3 Å². The quantitative estimate of drug-likeness (QED) is 0.850. The summed E-state index contributed by atoms with van der Waals surface area (Å²) < 4.78 is 28.0. The van der Waals surface area contributed by atoms with Crippen molar-refractivity contribution >= 4 is 27.5 Å². The van der Waals surface area contributed by atoms with Gasteiger partial charge in [0.2, 0.25) is 0 Å². The Morgan fingerprint density at radius 3 is 2.58 bits per heavy atom. The number of nitrogens with one attached hydrogen (secondary N) is 1. The number of halogens is 4. The van der Waals surface area contributed by atoms with Crippen molar-refractivity contribution < 1.29 is 8.78 Å². The molecule has 0 aliphatic rings. The summed E-state index contributed by atoms with van der Waals surface area (Å²) in [5.74, 6) is -0.882. The van der Waals surface area contributed by atoms with Crippen molar-refractivity contribution in [1.29, 1.82) is 0 Å². The molecule has 0 saturated heterocycles. The molecule has 2 aromatic carbocycles. The maximum atomic E-state index is 14.1. The highest BCUT2D eigenvalue weighted by atomic mass is 79.9. The number of hydrogen-bond donors (Lipinski definition) is 1. The van der Waals surface area contributed by atoms with Crippen molar-refractivity contribution in [3.63, 3.8) is 0 Å². The summed E-state index contributed by atoms with van der Waals surface area (Å²) in [7, 11) is 1.69. The molecule has 0 radical (unpaired) electrons. The molecular weight excluding hydrogens is 336 g/mol. The van der Waals surface area contributed by atoms with E-state index in [4.69, 9.17) is 11.6 Å². The zero-order valence-electron chi connectivity index (χ0n) is 10.1. The average molecular weight is 347 g/mol. The zero-order valence-corrected chi connectivity index (χ0v) is 12.4. The molecule has 19 heavy (non-hydrogen) atoms. The lowest BCUT2D eigenvalue weighted by Gasteiger charge is -2.18.